The van der Waals surface area contributed by atoms with Gasteiger partial charge in [0.15, 0.2) is 0 Å². The average molecular weight is 359 g/mol. The monoisotopic (exact) mass is 358 g/mol. The molecule has 1 N–H and O–H groups in total. The lowest BCUT2D eigenvalue weighted by atomic mass is 10.1. The highest BCUT2D eigenvalue weighted by molar-refractivity contribution is 5.85. The van der Waals surface area contributed by atoms with Gasteiger partial charge in [0.1, 0.15) is 0 Å². The molecule has 0 saturated carbocycles. The van der Waals surface area contributed by atoms with Gasteiger partial charge in [-0.3, -0.25) is 0 Å². The molecule has 0 fully saturated rings. The molecular weight excluding hydrogens is 320 g/mol. The molecule has 1 rings (SSSR count). The molecule has 26 heavy (non-hydrogen) atoms. The predicted molar refractivity (Wildman–Crippen MR) is 114 cm³/mol. The highest BCUT2D eigenvalue weighted by Crippen LogP contribution is 2.11. The SMILES string of the molecule is C=Cc1ccccc1.CCCCCCCCCCCC/C=C(\C)C(=O)O. The van der Waals surface area contributed by atoms with Crippen molar-refractivity contribution in [1.29, 1.82) is 0 Å². The third-order valence-corrected chi connectivity index (χ3v) is 4.38. The number of hydrogen-bond acceptors (Lipinski definition) is 1. The van der Waals surface area contributed by atoms with Crippen LogP contribution in [0, 0.1) is 0 Å². The molecule has 0 bridgehead atoms. The van der Waals surface area contributed by atoms with Gasteiger partial charge in [-0.25, -0.2) is 4.79 Å². The molecule has 0 heterocycles. The summed E-state index contributed by atoms with van der Waals surface area (Å²) in [7, 11) is 0. The summed E-state index contributed by atoms with van der Waals surface area (Å²) in [6.07, 6.45) is 17.8. The van der Waals surface area contributed by atoms with Crippen LogP contribution in [0.2, 0.25) is 0 Å². The van der Waals surface area contributed by atoms with Gasteiger partial charge in [-0.1, -0.05) is 114 Å². The van der Waals surface area contributed by atoms with Crippen molar-refractivity contribution in [2.45, 2.75) is 84.5 Å². The van der Waals surface area contributed by atoms with Crippen LogP contribution in [0.1, 0.15) is 90.0 Å². The average Bonchev–Trinajstić information content (AvgIpc) is 2.67. The Kier molecular flexibility index (Phi) is 16.7. The Labute approximate surface area is 161 Å². The molecule has 0 amide bonds. The van der Waals surface area contributed by atoms with E-state index in [1.807, 2.05) is 42.5 Å². The van der Waals surface area contributed by atoms with Crippen LogP contribution in [-0.2, 0) is 4.79 Å². The molecule has 0 aliphatic heterocycles. The number of benzene rings is 1. The molecule has 0 aromatic heterocycles. The largest absolute Gasteiger partial charge is 0.478 e. The summed E-state index contributed by atoms with van der Waals surface area (Å²) in [5.74, 6) is -0.790. The molecule has 0 unspecified atom stereocenters. The van der Waals surface area contributed by atoms with E-state index in [-0.39, 0.29) is 0 Å². The normalized spacial score (nSPS) is 10.8. The van der Waals surface area contributed by atoms with Crippen LogP contribution in [0.15, 0.2) is 48.6 Å². The Balaban J connectivity index is 0.000000642. The van der Waals surface area contributed by atoms with E-state index < -0.39 is 5.97 Å². The molecule has 0 radical (unpaired) electrons. The molecular formula is C24H38O2. The first-order valence-electron chi connectivity index (χ1n) is 10.2. The van der Waals surface area contributed by atoms with E-state index in [1.165, 1.54) is 63.4 Å². The Morgan fingerprint density at radius 3 is 1.85 bits per heavy atom. The summed E-state index contributed by atoms with van der Waals surface area (Å²) >= 11 is 0. The number of carboxylic acids is 1. The molecule has 2 heteroatoms. The van der Waals surface area contributed by atoms with Crippen molar-refractivity contribution in [2.75, 3.05) is 0 Å². The van der Waals surface area contributed by atoms with E-state index in [2.05, 4.69) is 13.5 Å². The third kappa shape index (κ3) is 15.7. The summed E-state index contributed by atoms with van der Waals surface area (Å²) in [4.78, 5) is 10.5. The number of aliphatic carboxylic acids is 1. The second-order valence-corrected chi connectivity index (χ2v) is 6.78. The lowest BCUT2D eigenvalue weighted by molar-refractivity contribution is -0.132. The Bertz CT molecular complexity index is 488. The minimum atomic E-state index is -0.790. The van der Waals surface area contributed by atoms with Gasteiger partial charge < -0.3 is 5.11 Å². The standard InChI is InChI=1S/C16H30O2.C8H8/c1-3-4-5-6-7-8-9-10-11-12-13-14-15(2)16(17)18;1-2-8-6-4-3-5-7-8/h14H,3-13H2,1-2H3,(H,17,18);2-7H,1H2/b15-14+;. The minimum absolute atomic E-state index is 0.478. The van der Waals surface area contributed by atoms with Gasteiger partial charge in [0.25, 0.3) is 0 Å². The number of allylic oxidation sites excluding steroid dienone is 1. The van der Waals surface area contributed by atoms with Crippen molar-refractivity contribution in [3.05, 3.63) is 54.1 Å². The van der Waals surface area contributed by atoms with Crippen molar-refractivity contribution < 1.29 is 9.90 Å². The first-order valence-corrected chi connectivity index (χ1v) is 10.2. The molecule has 146 valence electrons. The topological polar surface area (TPSA) is 37.3 Å². The van der Waals surface area contributed by atoms with Gasteiger partial charge in [-0.2, -0.15) is 0 Å². The minimum Gasteiger partial charge on any atom is -0.478 e. The fourth-order valence-electron chi connectivity index (χ4n) is 2.63. The van der Waals surface area contributed by atoms with Gasteiger partial charge in [-0.05, 0) is 25.3 Å². The van der Waals surface area contributed by atoms with Gasteiger partial charge in [0.2, 0.25) is 0 Å². The Morgan fingerprint density at radius 1 is 0.923 bits per heavy atom. The number of carbonyl (C=O) groups is 1. The number of hydrogen-bond donors (Lipinski definition) is 1. The smallest absolute Gasteiger partial charge is 0.330 e. The van der Waals surface area contributed by atoms with E-state index in [0.717, 1.165) is 12.8 Å². The molecule has 0 aliphatic rings. The van der Waals surface area contributed by atoms with Gasteiger partial charge >= 0.3 is 5.97 Å². The summed E-state index contributed by atoms with van der Waals surface area (Å²) in [5.41, 5.74) is 1.65. The molecule has 0 saturated heterocycles. The summed E-state index contributed by atoms with van der Waals surface area (Å²) < 4.78 is 0. The van der Waals surface area contributed by atoms with Crippen molar-refractivity contribution in [2.24, 2.45) is 0 Å². The molecule has 0 spiro atoms. The zero-order valence-electron chi connectivity index (χ0n) is 16.9. The maximum atomic E-state index is 10.5. The molecule has 2 nitrogen and oxygen atoms in total. The van der Waals surface area contributed by atoms with Crippen LogP contribution in [0.25, 0.3) is 6.08 Å². The van der Waals surface area contributed by atoms with E-state index in [0.29, 0.717) is 5.57 Å². The Morgan fingerprint density at radius 2 is 1.42 bits per heavy atom. The quantitative estimate of drug-likeness (QED) is 0.290. The number of unbranched alkanes of at least 4 members (excludes halogenated alkanes) is 10. The maximum absolute atomic E-state index is 10.5. The van der Waals surface area contributed by atoms with Gasteiger partial charge in [0, 0.05) is 5.57 Å². The fourth-order valence-corrected chi connectivity index (χ4v) is 2.63. The van der Waals surface area contributed by atoms with Crippen molar-refractivity contribution in [3.8, 4) is 0 Å². The Hall–Kier alpha value is -1.83. The van der Waals surface area contributed by atoms with E-state index >= 15 is 0 Å². The number of rotatable bonds is 13. The zero-order chi connectivity index (χ0) is 19.5. The zero-order valence-corrected chi connectivity index (χ0v) is 16.9. The highest BCUT2D eigenvalue weighted by Gasteiger charge is 1.97. The molecule has 1 aromatic rings. The fraction of sp³-hybridized carbons (Fsp3) is 0.542. The molecule has 1 aromatic carbocycles. The first kappa shape index (κ1) is 24.2. The highest BCUT2D eigenvalue weighted by atomic mass is 16.4. The second kappa shape index (κ2) is 18.0. The predicted octanol–water partition coefficient (Wildman–Crippen LogP) is 7.66. The lowest BCUT2D eigenvalue weighted by Crippen LogP contribution is -1.95. The van der Waals surface area contributed by atoms with Crippen molar-refractivity contribution in [3.63, 3.8) is 0 Å². The first-order chi connectivity index (χ1) is 12.6. The van der Waals surface area contributed by atoms with Crippen LogP contribution in [-0.4, -0.2) is 11.1 Å². The van der Waals surface area contributed by atoms with E-state index in [4.69, 9.17) is 5.11 Å². The van der Waals surface area contributed by atoms with Crippen LogP contribution in [0.4, 0.5) is 0 Å². The van der Waals surface area contributed by atoms with Crippen molar-refractivity contribution in [1.82, 2.24) is 0 Å². The van der Waals surface area contributed by atoms with Crippen LogP contribution < -0.4 is 0 Å². The van der Waals surface area contributed by atoms with Crippen LogP contribution in [0.3, 0.4) is 0 Å². The summed E-state index contributed by atoms with van der Waals surface area (Å²) in [6, 6.07) is 10.0. The summed E-state index contributed by atoms with van der Waals surface area (Å²) in [5, 5.41) is 8.68. The van der Waals surface area contributed by atoms with E-state index in [9.17, 15) is 4.79 Å². The van der Waals surface area contributed by atoms with Crippen molar-refractivity contribution >= 4 is 12.0 Å². The maximum Gasteiger partial charge on any atom is 0.330 e. The second-order valence-electron chi connectivity index (χ2n) is 6.78. The third-order valence-electron chi connectivity index (χ3n) is 4.38. The van der Waals surface area contributed by atoms with Gasteiger partial charge in [-0.15, -0.1) is 0 Å². The molecule has 0 atom stereocenters. The molecule has 0 aliphatic carbocycles. The lowest BCUT2D eigenvalue weighted by Gasteiger charge is -2.01. The number of carboxylic acid groups (broad SMARTS) is 1. The van der Waals surface area contributed by atoms with Gasteiger partial charge in [0.05, 0.1) is 0 Å². The van der Waals surface area contributed by atoms with E-state index in [1.54, 1.807) is 6.92 Å². The summed E-state index contributed by atoms with van der Waals surface area (Å²) in [6.45, 7) is 7.55. The van der Waals surface area contributed by atoms with Crippen LogP contribution in [0.5, 0.6) is 0 Å². The van der Waals surface area contributed by atoms with Crippen LogP contribution >= 0.6 is 0 Å².